The Labute approximate surface area is 228 Å². The van der Waals surface area contributed by atoms with Crippen molar-refractivity contribution < 1.29 is 28.5 Å². The van der Waals surface area contributed by atoms with Crippen molar-refractivity contribution >= 4 is 11.6 Å². The molecule has 0 aliphatic carbocycles. The van der Waals surface area contributed by atoms with Gasteiger partial charge in [-0.3, -0.25) is 9.59 Å². The molecule has 6 heteroatoms. The Kier molecular flexibility index (Phi) is 14.5. The zero-order valence-electron chi connectivity index (χ0n) is 23.4. The first kappa shape index (κ1) is 30.8. The fraction of sp³-hybridized carbons (Fsp3) is 0.500. The molecule has 38 heavy (non-hydrogen) atoms. The number of carbonyl (C=O) groups excluding carboxylic acids is 2. The molecule has 2 aromatic rings. The van der Waals surface area contributed by atoms with Gasteiger partial charge in [-0.15, -0.1) is 11.8 Å². The monoisotopic (exact) mass is 522 g/mol. The molecular weight excluding hydrogens is 480 g/mol. The molecule has 0 amide bonds. The summed E-state index contributed by atoms with van der Waals surface area (Å²) < 4.78 is 21.1. The fourth-order valence-corrected chi connectivity index (χ4v) is 4.09. The summed E-state index contributed by atoms with van der Waals surface area (Å²) in [5, 5.41) is 0. The van der Waals surface area contributed by atoms with Crippen molar-refractivity contribution in [3.05, 3.63) is 47.5 Å². The van der Waals surface area contributed by atoms with E-state index in [-0.39, 0.29) is 11.6 Å². The molecule has 0 heterocycles. The third kappa shape index (κ3) is 12.2. The lowest BCUT2D eigenvalue weighted by Gasteiger charge is -2.08. The van der Waals surface area contributed by atoms with Crippen molar-refractivity contribution in [3.8, 4) is 34.8 Å². The quantitative estimate of drug-likeness (QED) is 0.163. The highest BCUT2D eigenvalue weighted by atomic mass is 16.5. The maximum absolute atomic E-state index is 12.2. The minimum absolute atomic E-state index is 0.273. The van der Waals surface area contributed by atoms with E-state index in [4.69, 9.17) is 18.9 Å². The smallest absolute Gasteiger partial charge is 0.133 e. The number of hydrogen-bond donors (Lipinski definition) is 0. The molecule has 0 saturated carbocycles. The standard InChI is InChI=1S/C32H42O6/c1-35-29-19-25(20-30(23-29)36-2)15-17-27(33)13-11-9-7-5-6-8-10-12-14-28(34)18-16-26-21-31(37-3)24-32(22-26)38-4/h19-24H,7-18H2,1-4H3. The van der Waals surface area contributed by atoms with E-state index in [1.54, 1.807) is 28.4 Å². The van der Waals surface area contributed by atoms with Crippen LogP contribution in [0.1, 0.15) is 75.3 Å². The van der Waals surface area contributed by atoms with Gasteiger partial charge in [0.15, 0.2) is 0 Å². The minimum atomic E-state index is 0.273. The number of benzene rings is 2. The van der Waals surface area contributed by atoms with E-state index in [0.29, 0.717) is 38.5 Å². The van der Waals surface area contributed by atoms with Crippen LogP contribution in [-0.2, 0) is 22.4 Å². The number of ether oxygens (including phenoxy) is 4. The van der Waals surface area contributed by atoms with E-state index >= 15 is 0 Å². The van der Waals surface area contributed by atoms with Crippen LogP contribution >= 0.6 is 0 Å². The van der Waals surface area contributed by atoms with Crippen LogP contribution in [-0.4, -0.2) is 40.0 Å². The average molecular weight is 523 g/mol. The Balaban J connectivity index is 1.51. The number of methoxy groups -OCH3 is 4. The Bertz CT molecular complexity index is 951. The van der Waals surface area contributed by atoms with Crippen LogP contribution in [0.15, 0.2) is 36.4 Å². The molecule has 0 aliphatic rings. The lowest BCUT2D eigenvalue weighted by Crippen LogP contribution is -2.01. The van der Waals surface area contributed by atoms with Gasteiger partial charge in [0.05, 0.1) is 28.4 Å². The number of unbranched alkanes of at least 4 members (excludes halogenated alkanes) is 4. The number of aryl methyl sites for hydroxylation is 2. The van der Waals surface area contributed by atoms with Crippen molar-refractivity contribution in [2.24, 2.45) is 0 Å². The molecule has 2 aromatic carbocycles. The van der Waals surface area contributed by atoms with Gasteiger partial charge in [0.1, 0.15) is 34.6 Å². The van der Waals surface area contributed by atoms with Gasteiger partial charge in [0.25, 0.3) is 0 Å². The number of ketones is 2. The van der Waals surface area contributed by atoms with Gasteiger partial charge in [0.2, 0.25) is 0 Å². The van der Waals surface area contributed by atoms with Gasteiger partial charge < -0.3 is 18.9 Å². The SMILES string of the molecule is COc1cc(CCC(=O)CCCCC#CCCCCC(=O)CCc2cc(OC)cc(OC)c2)cc(OC)c1. The van der Waals surface area contributed by atoms with Crippen molar-refractivity contribution in [1.29, 1.82) is 0 Å². The van der Waals surface area contributed by atoms with Crippen molar-refractivity contribution in [2.45, 2.75) is 77.0 Å². The second kappa shape index (κ2) is 17.9. The first-order chi connectivity index (χ1) is 18.5. The molecule has 0 fully saturated rings. The molecule has 0 saturated heterocycles. The van der Waals surface area contributed by atoms with Crippen LogP contribution < -0.4 is 18.9 Å². The van der Waals surface area contributed by atoms with E-state index in [0.717, 1.165) is 72.6 Å². The predicted molar refractivity (Wildman–Crippen MR) is 150 cm³/mol. The summed E-state index contributed by atoms with van der Waals surface area (Å²) in [6, 6.07) is 11.4. The molecule has 0 aliphatic heterocycles. The molecule has 6 nitrogen and oxygen atoms in total. The highest BCUT2D eigenvalue weighted by Gasteiger charge is 2.07. The predicted octanol–water partition coefficient (Wildman–Crippen LogP) is 6.55. The number of hydrogen-bond acceptors (Lipinski definition) is 6. The third-order valence-corrected chi connectivity index (χ3v) is 6.35. The summed E-state index contributed by atoms with van der Waals surface area (Å²) in [5.41, 5.74) is 2.08. The van der Waals surface area contributed by atoms with Crippen LogP contribution in [0.25, 0.3) is 0 Å². The fourth-order valence-electron chi connectivity index (χ4n) is 4.09. The maximum Gasteiger partial charge on any atom is 0.133 e. The summed E-state index contributed by atoms with van der Waals surface area (Å²) >= 11 is 0. The minimum Gasteiger partial charge on any atom is -0.497 e. The van der Waals surface area contributed by atoms with Gasteiger partial charge in [0, 0.05) is 50.7 Å². The van der Waals surface area contributed by atoms with Crippen molar-refractivity contribution in [2.75, 3.05) is 28.4 Å². The lowest BCUT2D eigenvalue weighted by molar-refractivity contribution is -0.120. The molecule has 0 atom stereocenters. The highest BCUT2D eigenvalue weighted by Crippen LogP contribution is 2.24. The number of carbonyl (C=O) groups is 2. The Morgan fingerprint density at radius 2 is 0.868 bits per heavy atom. The van der Waals surface area contributed by atoms with Crippen LogP contribution in [0.4, 0.5) is 0 Å². The Hall–Kier alpha value is -3.46. The molecule has 0 bridgehead atoms. The molecule has 0 spiro atoms. The molecule has 0 unspecified atom stereocenters. The largest absolute Gasteiger partial charge is 0.497 e. The molecular formula is C32H42O6. The number of Topliss-reactive ketones (excluding diaryl/α,β-unsaturated/α-hetero) is 2. The van der Waals surface area contributed by atoms with E-state index in [1.165, 1.54) is 0 Å². The van der Waals surface area contributed by atoms with Crippen LogP contribution in [0.3, 0.4) is 0 Å². The summed E-state index contributed by atoms with van der Waals surface area (Å²) in [6.07, 6.45) is 8.80. The lowest BCUT2D eigenvalue weighted by atomic mass is 10.0. The topological polar surface area (TPSA) is 71.1 Å². The Morgan fingerprint density at radius 1 is 0.526 bits per heavy atom. The highest BCUT2D eigenvalue weighted by molar-refractivity contribution is 5.79. The van der Waals surface area contributed by atoms with Crippen molar-refractivity contribution in [3.63, 3.8) is 0 Å². The van der Waals surface area contributed by atoms with Gasteiger partial charge in [-0.1, -0.05) is 0 Å². The van der Waals surface area contributed by atoms with Crippen LogP contribution in [0, 0.1) is 11.8 Å². The molecule has 0 aromatic heterocycles. The van der Waals surface area contributed by atoms with E-state index in [2.05, 4.69) is 11.8 Å². The zero-order chi connectivity index (χ0) is 27.6. The molecule has 0 N–H and O–H groups in total. The van der Waals surface area contributed by atoms with Gasteiger partial charge in [-0.25, -0.2) is 0 Å². The summed E-state index contributed by atoms with van der Waals surface area (Å²) in [5.74, 6) is 9.90. The summed E-state index contributed by atoms with van der Waals surface area (Å²) in [7, 11) is 6.49. The molecule has 2 rings (SSSR count). The second-order valence-corrected chi connectivity index (χ2v) is 9.29. The Morgan fingerprint density at radius 3 is 1.18 bits per heavy atom. The summed E-state index contributed by atoms with van der Waals surface area (Å²) in [4.78, 5) is 24.5. The molecule has 0 radical (unpaired) electrons. The third-order valence-electron chi connectivity index (χ3n) is 6.35. The van der Waals surface area contributed by atoms with Crippen molar-refractivity contribution in [1.82, 2.24) is 0 Å². The maximum atomic E-state index is 12.2. The first-order valence-corrected chi connectivity index (χ1v) is 13.4. The van der Waals surface area contributed by atoms with E-state index in [1.807, 2.05) is 36.4 Å². The molecule has 206 valence electrons. The van der Waals surface area contributed by atoms with Gasteiger partial charge >= 0.3 is 0 Å². The summed E-state index contributed by atoms with van der Waals surface area (Å²) in [6.45, 7) is 0. The normalized spacial score (nSPS) is 10.3. The van der Waals surface area contributed by atoms with Gasteiger partial charge in [-0.2, -0.15) is 0 Å². The zero-order valence-corrected chi connectivity index (χ0v) is 23.4. The average Bonchev–Trinajstić information content (AvgIpc) is 2.95. The van der Waals surface area contributed by atoms with E-state index in [9.17, 15) is 9.59 Å². The van der Waals surface area contributed by atoms with Crippen LogP contribution in [0.5, 0.6) is 23.0 Å². The first-order valence-electron chi connectivity index (χ1n) is 13.4. The van der Waals surface area contributed by atoms with Gasteiger partial charge in [-0.05, 0) is 73.9 Å². The number of rotatable bonds is 18. The van der Waals surface area contributed by atoms with Crippen LogP contribution in [0.2, 0.25) is 0 Å². The van der Waals surface area contributed by atoms with E-state index < -0.39 is 0 Å². The second-order valence-electron chi connectivity index (χ2n) is 9.29.